The summed E-state index contributed by atoms with van der Waals surface area (Å²) in [5, 5.41) is 5.05. The maximum absolute atomic E-state index is 6.85. The Morgan fingerprint density at radius 3 is 1.77 bits per heavy atom. The number of fused-ring (bicyclic) bond motifs is 8. The smallest absolute Gasteiger partial charge is 0.124 e. The Morgan fingerprint density at radius 2 is 1.21 bits per heavy atom. The van der Waals surface area contributed by atoms with Crippen molar-refractivity contribution >= 4 is 21.5 Å². The summed E-state index contributed by atoms with van der Waals surface area (Å²) in [6.07, 6.45) is 13.2. The van der Waals surface area contributed by atoms with Gasteiger partial charge in [-0.2, -0.15) is 0 Å². The van der Waals surface area contributed by atoms with Gasteiger partial charge in [-0.15, -0.1) is 0 Å². The van der Waals surface area contributed by atoms with Gasteiger partial charge in [-0.3, -0.25) is 0 Å². The highest BCUT2D eigenvalue weighted by atomic mass is 16.5. The van der Waals surface area contributed by atoms with Crippen molar-refractivity contribution in [3.63, 3.8) is 0 Å². The first-order valence-electron chi connectivity index (χ1n) is 14.9. The van der Waals surface area contributed by atoms with Crippen molar-refractivity contribution in [1.29, 1.82) is 0 Å². The highest BCUT2D eigenvalue weighted by Crippen LogP contribution is 2.50. The molecule has 1 atom stereocenters. The molecule has 0 aliphatic heterocycles. The van der Waals surface area contributed by atoms with E-state index in [1.54, 1.807) is 0 Å². The zero-order chi connectivity index (χ0) is 26.9. The molecule has 0 aromatic heterocycles. The second kappa shape index (κ2) is 10.9. The minimum absolute atomic E-state index is 0.202. The fourth-order valence-electron chi connectivity index (χ4n) is 6.53. The van der Waals surface area contributed by atoms with Gasteiger partial charge in [-0.05, 0) is 83.3 Å². The van der Waals surface area contributed by atoms with Crippen molar-refractivity contribution in [2.75, 3.05) is 0 Å². The van der Waals surface area contributed by atoms with Crippen molar-refractivity contribution in [2.24, 2.45) is 5.92 Å². The second-order valence-corrected chi connectivity index (χ2v) is 11.1. The van der Waals surface area contributed by atoms with Gasteiger partial charge in [0.2, 0.25) is 0 Å². The number of hydrogen-bond acceptors (Lipinski definition) is 2. The van der Waals surface area contributed by atoms with Gasteiger partial charge < -0.3 is 9.47 Å². The van der Waals surface area contributed by atoms with Crippen molar-refractivity contribution in [2.45, 2.75) is 78.4 Å². The van der Waals surface area contributed by atoms with Gasteiger partial charge in [0, 0.05) is 17.0 Å². The molecule has 200 valence electrons. The van der Waals surface area contributed by atoms with E-state index in [0.717, 1.165) is 50.0 Å². The van der Waals surface area contributed by atoms with Crippen LogP contribution in [0.15, 0.2) is 84.5 Å². The quantitative estimate of drug-likeness (QED) is 0.232. The molecule has 1 unspecified atom stereocenters. The van der Waals surface area contributed by atoms with Crippen molar-refractivity contribution in [1.82, 2.24) is 0 Å². The van der Waals surface area contributed by atoms with E-state index in [1.165, 1.54) is 49.4 Å². The maximum atomic E-state index is 6.85. The van der Waals surface area contributed by atoms with Gasteiger partial charge in [0.05, 0.1) is 12.2 Å². The largest absolute Gasteiger partial charge is 0.490 e. The van der Waals surface area contributed by atoms with E-state index >= 15 is 0 Å². The number of rotatable bonds is 8. The van der Waals surface area contributed by atoms with Gasteiger partial charge in [-0.25, -0.2) is 0 Å². The first kappa shape index (κ1) is 25.7. The third-order valence-corrected chi connectivity index (χ3v) is 8.83. The molecular weight excluding hydrogens is 476 g/mol. The molecular formula is C37H40O2. The highest BCUT2D eigenvalue weighted by molar-refractivity contribution is 6.09. The maximum Gasteiger partial charge on any atom is 0.124 e. The highest BCUT2D eigenvalue weighted by Gasteiger charge is 2.30. The van der Waals surface area contributed by atoms with Crippen molar-refractivity contribution < 1.29 is 9.47 Å². The van der Waals surface area contributed by atoms with Crippen LogP contribution in [0.3, 0.4) is 0 Å². The Kier molecular flexibility index (Phi) is 7.21. The number of allylic oxidation sites excluding steroid dienone is 4. The van der Waals surface area contributed by atoms with Gasteiger partial charge in [0.15, 0.2) is 0 Å². The molecule has 0 spiro atoms. The molecule has 6 rings (SSSR count). The standard InChI is InChI=1S/C37H40O2/c1-5-28(6-2)38-34-22-26-14-9-11-18-30(26)36-32(34)20-24-16-13-17-25(24)21-33-35(39-29(7-3)8-4)23-27-15-10-12-19-31(27)37(33)36/h9-19,22-24,28-29H,5-8,20-21H2,1-4H3. The summed E-state index contributed by atoms with van der Waals surface area (Å²) in [5.41, 5.74) is 6.75. The molecule has 0 amide bonds. The Balaban J connectivity index is 1.74. The molecule has 2 heteroatoms. The fourth-order valence-corrected chi connectivity index (χ4v) is 6.53. The summed E-state index contributed by atoms with van der Waals surface area (Å²) in [6.45, 7) is 8.90. The number of hydrogen-bond donors (Lipinski definition) is 0. The topological polar surface area (TPSA) is 18.5 Å². The van der Waals surface area contributed by atoms with E-state index in [0.29, 0.717) is 5.92 Å². The summed E-state index contributed by atoms with van der Waals surface area (Å²) >= 11 is 0. The van der Waals surface area contributed by atoms with Crippen LogP contribution in [0.4, 0.5) is 0 Å². The fraction of sp³-hybridized carbons (Fsp3) is 0.351. The van der Waals surface area contributed by atoms with E-state index in [-0.39, 0.29) is 12.2 Å². The lowest BCUT2D eigenvalue weighted by atomic mass is 9.77. The first-order chi connectivity index (χ1) is 19.1. The SMILES string of the molecule is CCC(CC)Oc1cc2ccccc2c2c1CC1=CC=CC1Cc1c(OC(CC)CC)cc3ccccc3c1-2. The summed E-state index contributed by atoms with van der Waals surface area (Å²) < 4.78 is 13.7. The van der Waals surface area contributed by atoms with Crippen molar-refractivity contribution in [3.05, 3.63) is 95.6 Å². The summed E-state index contributed by atoms with van der Waals surface area (Å²) in [4.78, 5) is 0. The Bertz CT molecular complexity index is 1570. The van der Waals surface area contributed by atoms with Crippen LogP contribution in [0.1, 0.15) is 64.5 Å². The van der Waals surface area contributed by atoms with Crippen LogP contribution in [0.5, 0.6) is 11.5 Å². The van der Waals surface area contributed by atoms with E-state index in [1.807, 2.05) is 0 Å². The van der Waals surface area contributed by atoms with E-state index in [2.05, 4.69) is 107 Å². The Morgan fingerprint density at radius 1 is 0.692 bits per heavy atom. The lowest BCUT2D eigenvalue weighted by molar-refractivity contribution is 0.190. The van der Waals surface area contributed by atoms with E-state index in [4.69, 9.17) is 9.47 Å². The van der Waals surface area contributed by atoms with Crippen LogP contribution in [0.2, 0.25) is 0 Å². The molecule has 0 radical (unpaired) electrons. The lowest BCUT2D eigenvalue weighted by Gasteiger charge is -2.30. The van der Waals surface area contributed by atoms with Crippen LogP contribution in [0, 0.1) is 5.92 Å². The monoisotopic (exact) mass is 516 g/mol. The van der Waals surface area contributed by atoms with Gasteiger partial charge >= 0.3 is 0 Å². The second-order valence-electron chi connectivity index (χ2n) is 11.1. The van der Waals surface area contributed by atoms with Crippen LogP contribution in [-0.4, -0.2) is 12.2 Å². The molecule has 2 nitrogen and oxygen atoms in total. The predicted octanol–water partition coefficient (Wildman–Crippen LogP) is 10.0. The summed E-state index contributed by atoms with van der Waals surface area (Å²) in [7, 11) is 0. The molecule has 39 heavy (non-hydrogen) atoms. The summed E-state index contributed by atoms with van der Waals surface area (Å²) in [6, 6.07) is 22.3. The molecule has 2 aliphatic carbocycles. The number of ether oxygens (including phenoxy) is 2. The molecule has 0 N–H and O–H groups in total. The van der Waals surface area contributed by atoms with Gasteiger partial charge in [0.1, 0.15) is 11.5 Å². The van der Waals surface area contributed by atoms with Gasteiger partial charge in [-0.1, -0.05) is 100 Å². The first-order valence-corrected chi connectivity index (χ1v) is 14.9. The molecule has 4 aromatic carbocycles. The average Bonchev–Trinajstić information content (AvgIpc) is 3.39. The van der Waals surface area contributed by atoms with Crippen LogP contribution >= 0.6 is 0 Å². The minimum atomic E-state index is 0.202. The Labute approximate surface area is 233 Å². The molecule has 0 fully saturated rings. The van der Waals surface area contributed by atoms with Crippen LogP contribution < -0.4 is 9.47 Å². The summed E-state index contributed by atoms with van der Waals surface area (Å²) in [5.74, 6) is 2.45. The zero-order valence-corrected chi connectivity index (χ0v) is 23.8. The average molecular weight is 517 g/mol. The predicted molar refractivity (Wildman–Crippen MR) is 165 cm³/mol. The lowest BCUT2D eigenvalue weighted by Crippen LogP contribution is -2.19. The molecule has 4 aromatic rings. The van der Waals surface area contributed by atoms with Crippen LogP contribution in [0.25, 0.3) is 32.7 Å². The molecule has 0 bridgehead atoms. The molecule has 2 aliphatic rings. The zero-order valence-electron chi connectivity index (χ0n) is 23.8. The minimum Gasteiger partial charge on any atom is -0.490 e. The third kappa shape index (κ3) is 4.65. The van der Waals surface area contributed by atoms with Gasteiger partial charge in [0.25, 0.3) is 0 Å². The molecule has 0 saturated heterocycles. The normalized spacial score (nSPS) is 16.2. The Hall–Kier alpha value is -3.52. The van der Waals surface area contributed by atoms with E-state index < -0.39 is 0 Å². The van der Waals surface area contributed by atoms with Crippen molar-refractivity contribution in [3.8, 4) is 22.6 Å². The number of benzene rings is 4. The van der Waals surface area contributed by atoms with Crippen LogP contribution in [-0.2, 0) is 12.8 Å². The van der Waals surface area contributed by atoms with E-state index in [9.17, 15) is 0 Å². The molecule has 0 heterocycles. The molecule has 0 saturated carbocycles. The third-order valence-electron chi connectivity index (χ3n) is 8.83.